The molecule has 1 heterocycles. The first-order chi connectivity index (χ1) is 9.86. The summed E-state index contributed by atoms with van der Waals surface area (Å²) in [4.78, 5) is 0.416. The van der Waals surface area contributed by atoms with Crippen LogP contribution in [0.5, 0.6) is 0 Å². The van der Waals surface area contributed by atoms with Crippen molar-refractivity contribution in [3.8, 4) is 0 Å². The maximum absolute atomic E-state index is 12.7. The predicted molar refractivity (Wildman–Crippen MR) is 84.7 cm³/mol. The van der Waals surface area contributed by atoms with Crippen LogP contribution in [0, 0.1) is 0 Å². The molecule has 21 heavy (non-hydrogen) atoms. The van der Waals surface area contributed by atoms with Crippen molar-refractivity contribution >= 4 is 10.0 Å². The fraction of sp³-hybridized carbons (Fsp3) is 0.733. The third-order valence-electron chi connectivity index (χ3n) is 4.26. The van der Waals surface area contributed by atoms with Crippen LogP contribution in [-0.2, 0) is 23.1 Å². The van der Waals surface area contributed by atoms with Crippen LogP contribution in [-0.4, -0.2) is 36.4 Å². The highest BCUT2D eigenvalue weighted by atomic mass is 32.2. The summed E-state index contributed by atoms with van der Waals surface area (Å²) < 4.78 is 28.9. The fourth-order valence-corrected chi connectivity index (χ4v) is 4.01. The van der Waals surface area contributed by atoms with Crippen LogP contribution in [0.25, 0.3) is 0 Å². The Morgan fingerprint density at radius 2 is 2.10 bits per heavy atom. The molecule has 0 amide bonds. The molecule has 2 rings (SSSR count). The predicted octanol–water partition coefficient (Wildman–Crippen LogP) is 2.18. The number of sulfonamides is 1. The first-order valence-electron chi connectivity index (χ1n) is 7.76. The van der Waals surface area contributed by atoms with Gasteiger partial charge in [0.15, 0.2) is 0 Å². The van der Waals surface area contributed by atoms with Crippen LogP contribution in [0.4, 0.5) is 0 Å². The smallest absolute Gasteiger partial charge is 0.244 e. The third kappa shape index (κ3) is 3.49. The summed E-state index contributed by atoms with van der Waals surface area (Å²) in [7, 11) is -1.66. The molecule has 0 radical (unpaired) electrons. The van der Waals surface area contributed by atoms with Crippen LogP contribution in [0.3, 0.4) is 0 Å². The van der Waals surface area contributed by atoms with Gasteiger partial charge in [-0.05, 0) is 25.8 Å². The summed E-state index contributed by atoms with van der Waals surface area (Å²) in [6.45, 7) is 7.67. The van der Waals surface area contributed by atoms with E-state index in [4.69, 9.17) is 0 Å². The maximum Gasteiger partial charge on any atom is 0.244 e. The lowest BCUT2D eigenvalue weighted by Crippen LogP contribution is -2.41. The molecule has 1 saturated carbocycles. The number of rotatable bonds is 7. The van der Waals surface area contributed by atoms with Gasteiger partial charge in [-0.3, -0.25) is 0 Å². The first kappa shape index (κ1) is 16.5. The van der Waals surface area contributed by atoms with Gasteiger partial charge in [0, 0.05) is 44.1 Å². The van der Waals surface area contributed by atoms with Gasteiger partial charge >= 0.3 is 0 Å². The summed E-state index contributed by atoms with van der Waals surface area (Å²) in [5.74, 6) is 0. The van der Waals surface area contributed by atoms with Crippen molar-refractivity contribution in [2.75, 3.05) is 7.05 Å². The average Bonchev–Trinajstić information content (AvgIpc) is 2.77. The Kier molecular flexibility index (Phi) is 5.11. The standard InChI is InChI=1S/C15H27N3O2S/c1-5-18-11-15(9-14(18)10-16-12(2)3)21(19,20)17(4)13-7-6-8-13/h9,11-13,16H,5-8,10H2,1-4H3. The minimum absolute atomic E-state index is 0.178. The van der Waals surface area contributed by atoms with E-state index >= 15 is 0 Å². The molecule has 1 aliphatic carbocycles. The summed E-state index contributed by atoms with van der Waals surface area (Å²) >= 11 is 0. The van der Waals surface area contributed by atoms with Crippen LogP contribution >= 0.6 is 0 Å². The highest BCUT2D eigenvalue weighted by Crippen LogP contribution is 2.29. The van der Waals surface area contributed by atoms with Gasteiger partial charge < -0.3 is 9.88 Å². The van der Waals surface area contributed by atoms with E-state index in [1.807, 2.05) is 17.6 Å². The monoisotopic (exact) mass is 313 g/mol. The molecular weight excluding hydrogens is 286 g/mol. The van der Waals surface area contributed by atoms with Crippen molar-refractivity contribution in [2.45, 2.75) is 70.1 Å². The van der Waals surface area contributed by atoms with Gasteiger partial charge in [0.1, 0.15) is 4.90 Å². The van der Waals surface area contributed by atoms with Crippen molar-refractivity contribution in [1.29, 1.82) is 0 Å². The zero-order chi connectivity index (χ0) is 15.6. The van der Waals surface area contributed by atoms with Crippen molar-refractivity contribution < 1.29 is 8.42 Å². The van der Waals surface area contributed by atoms with E-state index in [9.17, 15) is 8.42 Å². The normalized spacial score (nSPS) is 16.7. The molecule has 6 heteroatoms. The molecule has 0 saturated heterocycles. The molecule has 0 bridgehead atoms. The molecule has 1 fully saturated rings. The number of hydrogen-bond donors (Lipinski definition) is 1. The van der Waals surface area contributed by atoms with Crippen LogP contribution < -0.4 is 5.32 Å². The lowest BCUT2D eigenvalue weighted by atomic mass is 9.94. The van der Waals surface area contributed by atoms with Crippen molar-refractivity contribution in [3.63, 3.8) is 0 Å². The Balaban J connectivity index is 2.22. The minimum atomic E-state index is -3.36. The van der Waals surface area contributed by atoms with Crippen LogP contribution in [0.15, 0.2) is 17.2 Å². The molecule has 5 nitrogen and oxygen atoms in total. The van der Waals surface area contributed by atoms with E-state index in [2.05, 4.69) is 19.2 Å². The molecule has 0 aromatic carbocycles. The van der Waals surface area contributed by atoms with Gasteiger partial charge in [-0.15, -0.1) is 0 Å². The highest BCUT2D eigenvalue weighted by molar-refractivity contribution is 7.89. The molecule has 1 aliphatic rings. The number of nitrogens with one attached hydrogen (secondary N) is 1. The van der Waals surface area contributed by atoms with Crippen molar-refractivity contribution in [1.82, 2.24) is 14.2 Å². The number of hydrogen-bond acceptors (Lipinski definition) is 3. The average molecular weight is 313 g/mol. The van der Waals surface area contributed by atoms with Gasteiger partial charge in [0.25, 0.3) is 0 Å². The Morgan fingerprint density at radius 1 is 1.43 bits per heavy atom. The van der Waals surface area contributed by atoms with Crippen molar-refractivity contribution in [2.24, 2.45) is 0 Å². The molecule has 1 aromatic heterocycles. The summed E-state index contributed by atoms with van der Waals surface area (Å²) in [6, 6.07) is 2.36. The van der Waals surface area contributed by atoms with E-state index in [1.165, 1.54) is 0 Å². The second-order valence-electron chi connectivity index (χ2n) is 6.09. The van der Waals surface area contributed by atoms with Crippen LogP contribution in [0.1, 0.15) is 45.7 Å². The zero-order valence-corrected chi connectivity index (χ0v) is 14.3. The summed E-state index contributed by atoms with van der Waals surface area (Å²) in [6.07, 6.45) is 4.85. The molecule has 0 aliphatic heterocycles. The molecule has 0 spiro atoms. The highest BCUT2D eigenvalue weighted by Gasteiger charge is 2.32. The largest absolute Gasteiger partial charge is 0.349 e. The van der Waals surface area contributed by atoms with Crippen LogP contribution in [0.2, 0.25) is 0 Å². The van der Waals surface area contributed by atoms with E-state index in [-0.39, 0.29) is 6.04 Å². The lowest BCUT2D eigenvalue weighted by molar-refractivity contribution is 0.249. The Morgan fingerprint density at radius 3 is 2.57 bits per heavy atom. The second kappa shape index (κ2) is 6.50. The van der Waals surface area contributed by atoms with E-state index in [0.717, 1.165) is 31.5 Å². The molecule has 1 aromatic rings. The van der Waals surface area contributed by atoms with E-state index < -0.39 is 10.0 Å². The van der Waals surface area contributed by atoms with Gasteiger partial charge in [-0.1, -0.05) is 20.3 Å². The van der Waals surface area contributed by atoms with Gasteiger partial charge in [0.05, 0.1) is 0 Å². The number of nitrogens with zero attached hydrogens (tertiary/aromatic N) is 2. The third-order valence-corrected chi connectivity index (χ3v) is 6.13. The summed E-state index contributed by atoms with van der Waals surface area (Å²) in [5, 5.41) is 3.35. The topological polar surface area (TPSA) is 54.3 Å². The molecule has 0 atom stereocenters. The maximum atomic E-state index is 12.7. The van der Waals surface area contributed by atoms with Gasteiger partial charge in [-0.25, -0.2) is 8.42 Å². The second-order valence-corrected chi connectivity index (χ2v) is 8.09. The Bertz CT molecular complexity index is 574. The Labute approximate surface area is 128 Å². The molecule has 120 valence electrons. The van der Waals surface area contributed by atoms with Gasteiger partial charge in [0.2, 0.25) is 10.0 Å². The quantitative estimate of drug-likeness (QED) is 0.839. The number of aromatic nitrogens is 1. The van der Waals surface area contributed by atoms with E-state index in [1.54, 1.807) is 17.5 Å². The Hall–Kier alpha value is -0.850. The summed E-state index contributed by atoms with van der Waals surface area (Å²) in [5.41, 5.74) is 1.02. The molecule has 0 unspecified atom stereocenters. The SMILES string of the molecule is CCn1cc(S(=O)(=O)N(C)C2CCC2)cc1CNC(C)C. The van der Waals surface area contributed by atoms with E-state index in [0.29, 0.717) is 17.5 Å². The van der Waals surface area contributed by atoms with Crippen molar-refractivity contribution in [3.05, 3.63) is 18.0 Å². The molecular formula is C15H27N3O2S. The molecule has 1 N–H and O–H groups in total. The fourth-order valence-electron chi connectivity index (χ4n) is 2.53. The van der Waals surface area contributed by atoms with Gasteiger partial charge in [-0.2, -0.15) is 4.31 Å². The minimum Gasteiger partial charge on any atom is -0.349 e. The first-order valence-corrected chi connectivity index (χ1v) is 9.20. The number of aryl methyl sites for hydroxylation is 1. The zero-order valence-electron chi connectivity index (χ0n) is 13.5. The lowest BCUT2D eigenvalue weighted by Gasteiger charge is -2.33.